The van der Waals surface area contributed by atoms with E-state index in [2.05, 4.69) is 15.0 Å². The van der Waals surface area contributed by atoms with Crippen molar-refractivity contribution < 1.29 is 36.6 Å². The van der Waals surface area contributed by atoms with Gasteiger partial charge in [0.25, 0.3) is 0 Å². The number of allylic oxidation sites excluding steroid dienone is 1. The van der Waals surface area contributed by atoms with Crippen molar-refractivity contribution in [3.8, 4) is 5.75 Å². The number of nitrogens with one attached hydrogen (secondary N) is 1. The molecule has 1 saturated carbocycles. The van der Waals surface area contributed by atoms with Crippen LogP contribution in [0.3, 0.4) is 0 Å². The second-order valence-corrected chi connectivity index (χ2v) is 8.70. The number of aliphatic imine (C=N–C) groups is 1. The van der Waals surface area contributed by atoms with E-state index in [1.807, 2.05) is 13.8 Å². The lowest BCUT2D eigenvalue weighted by atomic mass is 9.94. The number of ether oxygens (including phenoxy) is 2. The van der Waals surface area contributed by atoms with E-state index in [0.717, 1.165) is 24.4 Å². The predicted octanol–water partition coefficient (Wildman–Crippen LogP) is 5.35. The van der Waals surface area contributed by atoms with Crippen LogP contribution < -0.4 is 15.8 Å². The van der Waals surface area contributed by atoms with Gasteiger partial charge in [-0.25, -0.2) is 9.18 Å². The number of halogens is 4. The van der Waals surface area contributed by atoms with Gasteiger partial charge in [0.15, 0.2) is 0 Å². The molecule has 2 aromatic carbocycles. The van der Waals surface area contributed by atoms with E-state index in [0.29, 0.717) is 18.4 Å². The van der Waals surface area contributed by atoms with Crippen LogP contribution in [0, 0.1) is 5.82 Å². The fourth-order valence-corrected chi connectivity index (χ4v) is 3.76. The van der Waals surface area contributed by atoms with Gasteiger partial charge in [-0.2, -0.15) is 0 Å². The Morgan fingerprint density at radius 2 is 1.84 bits per heavy atom. The number of amides is 1. The topological polar surface area (TPSA) is 103 Å². The fourth-order valence-electron chi connectivity index (χ4n) is 3.76. The van der Waals surface area contributed by atoms with Gasteiger partial charge in [-0.1, -0.05) is 12.1 Å². The number of hydrogen-bond donors (Lipinski definition) is 2. The molecule has 37 heavy (non-hydrogen) atoms. The van der Waals surface area contributed by atoms with E-state index in [1.165, 1.54) is 24.4 Å². The summed E-state index contributed by atoms with van der Waals surface area (Å²) in [7, 11) is 0. The monoisotopic (exact) mass is 521 g/mol. The van der Waals surface area contributed by atoms with E-state index in [-0.39, 0.29) is 35.0 Å². The van der Waals surface area contributed by atoms with Gasteiger partial charge in [-0.15, -0.1) is 13.2 Å². The smallest absolute Gasteiger partial charge is 0.462 e. The van der Waals surface area contributed by atoms with Crippen molar-refractivity contribution in [3.63, 3.8) is 0 Å². The molecule has 0 bridgehead atoms. The maximum atomic E-state index is 15.3. The number of benzene rings is 2. The lowest BCUT2D eigenvalue weighted by molar-refractivity contribution is -0.274. The molecule has 0 saturated heterocycles. The lowest BCUT2D eigenvalue weighted by Crippen LogP contribution is -2.28. The first kappa shape index (κ1) is 27.7. The van der Waals surface area contributed by atoms with E-state index >= 15 is 4.39 Å². The van der Waals surface area contributed by atoms with Gasteiger partial charge in [0.05, 0.1) is 17.6 Å². The van der Waals surface area contributed by atoms with Crippen LogP contribution in [-0.4, -0.2) is 37.1 Å². The summed E-state index contributed by atoms with van der Waals surface area (Å²) in [6, 6.07) is 7.26. The summed E-state index contributed by atoms with van der Waals surface area (Å²) in [6.45, 7) is 5.27. The van der Waals surface area contributed by atoms with Crippen LogP contribution in [-0.2, 0) is 14.9 Å². The van der Waals surface area contributed by atoms with Gasteiger partial charge in [-0.3, -0.25) is 9.79 Å². The molecule has 0 heterocycles. The van der Waals surface area contributed by atoms with E-state index < -0.39 is 35.2 Å². The number of esters is 1. The molecule has 3 rings (SSSR count). The minimum Gasteiger partial charge on any atom is -0.462 e. The van der Waals surface area contributed by atoms with Gasteiger partial charge in [-0.05, 0) is 63.4 Å². The van der Waals surface area contributed by atoms with Gasteiger partial charge in [0.2, 0.25) is 5.91 Å². The molecule has 0 aliphatic heterocycles. The number of carbonyl (C=O) groups excluding carboxylic acids is 2. The molecule has 7 nitrogen and oxygen atoms in total. The second kappa shape index (κ2) is 11.0. The Morgan fingerprint density at radius 3 is 2.35 bits per heavy atom. The molecule has 0 aromatic heterocycles. The number of rotatable bonds is 9. The number of carbonyl (C=O) groups is 2. The Labute approximate surface area is 211 Å². The van der Waals surface area contributed by atoms with Crippen LogP contribution in [0.4, 0.5) is 23.2 Å². The average Bonchev–Trinajstić information content (AvgIpc) is 3.62. The summed E-state index contributed by atoms with van der Waals surface area (Å²) in [5.41, 5.74) is 5.07. The number of nitrogens with zero attached hydrogens (tertiary/aromatic N) is 1. The standard InChI is InChI=1S/C26H27F4N3O4/c1-4-36-23(34)20-11-18(12-21(27)22(20)16(13-31)14-32-15(2)3)33-24(35)25(9-10-25)17-5-7-19(8-6-17)37-26(28,29)30/h5-8,11-15H,4,9-10,31H2,1-3H3,(H,33,35). The van der Waals surface area contributed by atoms with E-state index in [9.17, 15) is 22.8 Å². The number of nitrogens with two attached hydrogens (primary N) is 1. The van der Waals surface area contributed by atoms with Gasteiger partial charge < -0.3 is 20.5 Å². The highest BCUT2D eigenvalue weighted by atomic mass is 19.4. The zero-order valence-corrected chi connectivity index (χ0v) is 20.5. The molecular weight excluding hydrogens is 494 g/mol. The molecule has 1 fully saturated rings. The van der Waals surface area contributed by atoms with Gasteiger partial charge in [0, 0.05) is 35.3 Å². The molecular formula is C26H27F4N3O4. The summed E-state index contributed by atoms with van der Waals surface area (Å²) in [4.78, 5) is 30.0. The Kier molecular flexibility index (Phi) is 8.25. The normalized spacial score (nSPS) is 15.1. The first-order valence-corrected chi connectivity index (χ1v) is 11.5. The van der Waals surface area contributed by atoms with Crippen molar-refractivity contribution in [1.82, 2.24) is 0 Å². The molecule has 198 valence electrons. The molecule has 3 N–H and O–H groups in total. The summed E-state index contributed by atoms with van der Waals surface area (Å²) in [5.74, 6) is -2.54. The highest BCUT2D eigenvalue weighted by molar-refractivity contribution is 6.14. The van der Waals surface area contributed by atoms with Crippen LogP contribution in [0.5, 0.6) is 5.75 Å². The highest BCUT2D eigenvalue weighted by Gasteiger charge is 2.51. The number of alkyl halides is 3. The first-order chi connectivity index (χ1) is 17.4. The van der Waals surface area contributed by atoms with Crippen LogP contribution in [0.2, 0.25) is 0 Å². The highest BCUT2D eigenvalue weighted by Crippen LogP contribution is 2.49. The van der Waals surface area contributed by atoms with Crippen LogP contribution in [0.25, 0.3) is 5.57 Å². The summed E-state index contributed by atoms with van der Waals surface area (Å²) >= 11 is 0. The SMILES string of the molecule is CCOC(=O)c1cc(NC(=O)C2(c3ccc(OC(F)(F)F)cc3)CC2)cc(F)c1C(C=NC(C)C)=CN. The van der Waals surface area contributed by atoms with Crippen LogP contribution in [0.1, 0.15) is 55.1 Å². The maximum Gasteiger partial charge on any atom is 0.573 e. The second-order valence-electron chi connectivity index (χ2n) is 8.70. The lowest BCUT2D eigenvalue weighted by Gasteiger charge is -2.18. The van der Waals surface area contributed by atoms with Gasteiger partial charge >= 0.3 is 12.3 Å². The third kappa shape index (κ3) is 6.66. The Hall–Kier alpha value is -3.89. The largest absolute Gasteiger partial charge is 0.573 e. The Bertz CT molecular complexity index is 1220. The van der Waals surface area contributed by atoms with E-state index in [4.69, 9.17) is 10.5 Å². The Balaban J connectivity index is 1.91. The predicted molar refractivity (Wildman–Crippen MR) is 131 cm³/mol. The minimum atomic E-state index is -4.83. The summed E-state index contributed by atoms with van der Waals surface area (Å²) in [6.07, 6.45) is -1.47. The third-order valence-corrected chi connectivity index (χ3v) is 5.65. The first-order valence-electron chi connectivity index (χ1n) is 11.5. The maximum absolute atomic E-state index is 15.3. The number of anilines is 1. The zero-order valence-electron chi connectivity index (χ0n) is 20.5. The van der Waals surface area contributed by atoms with Crippen LogP contribution >= 0.6 is 0 Å². The molecule has 2 aromatic rings. The van der Waals surface area contributed by atoms with Gasteiger partial charge in [0.1, 0.15) is 11.6 Å². The number of hydrogen-bond acceptors (Lipinski definition) is 6. The molecule has 11 heteroatoms. The third-order valence-electron chi connectivity index (χ3n) is 5.65. The van der Waals surface area contributed by atoms with Crippen molar-refractivity contribution in [2.45, 2.75) is 51.4 Å². The van der Waals surface area contributed by atoms with Crippen molar-refractivity contribution >= 4 is 29.4 Å². The minimum absolute atomic E-state index is 0.00905. The summed E-state index contributed by atoms with van der Waals surface area (Å²) < 4.78 is 61.6. The van der Waals surface area contributed by atoms with E-state index in [1.54, 1.807) is 6.92 Å². The average molecular weight is 522 g/mol. The fraction of sp³-hybridized carbons (Fsp3) is 0.346. The van der Waals surface area contributed by atoms with Crippen LogP contribution in [0.15, 0.2) is 47.6 Å². The van der Waals surface area contributed by atoms with Crippen molar-refractivity contribution in [2.24, 2.45) is 10.7 Å². The Morgan fingerprint density at radius 1 is 1.19 bits per heavy atom. The molecule has 1 amide bonds. The molecule has 0 spiro atoms. The summed E-state index contributed by atoms with van der Waals surface area (Å²) in [5, 5.41) is 2.63. The quantitative estimate of drug-likeness (QED) is 0.263. The van der Waals surface area contributed by atoms with Crippen molar-refractivity contribution in [3.05, 3.63) is 65.1 Å². The molecule has 0 unspecified atom stereocenters. The molecule has 1 aliphatic carbocycles. The van der Waals surface area contributed by atoms with Crippen molar-refractivity contribution in [2.75, 3.05) is 11.9 Å². The molecule has 1 aliphatic rings. The molecule has 0 radical (unpaired) electrons. The van der Waals surface area contributed by atoms with Crippen molar-refractivity contribution in [1.29, 1.82) is 0 Å². The molecule has 0 atom stereocenters. The zero-order chi connectivity index (χ0) is 27.4.